The summed E-state index contributed by atoms with van der Waals surface area (Å²) in [4.78, 5) is 51.4. The molecular weight excluding hydrogens is 562 g/mol. The molecule has 0 unspecified atom stereocenters. The number of thiophene rings is 1. The van der Waals surface area contributed by atoms with Crippen molar-refractivity contribution >= 4 is 33.8 Å². The number of amides is 1. The number of hydrogen-bond donors (Lipinski definition) is 0. The van der Waals surface area contributed by atoms with Gasteiger partial charge in [-0.3, -0.25) is 18.7 Å². The molecule has 1 atom stereocenters. The Labute approximate surface area is 245 Å². The molecule has 0 N–H and O–H groups in total. The molecule has 1 aliphatic rings. The van der Waals surface area contributed by atoms with Gasteiger partial charge in [0.2, 0.25) is 5.89 Å². The summed E-state index contributed by atoms with van der Waals surface area (Å²) in [6.07, 6.45) is 5.02. The zero-order chi connectivity index (χ0) is 29.8. The van der Waals surface area contributed by atoms with Crippen LogP contribution in [0.4, 0.5) is 0 Å². The van der Waals surface area contributed by atoms with Crippen LogP contribution in [-0.4, -0.2) is 71.8 Å². The van der Waals surface area contributed by atoms with Gasteiger partial charge in [0.05, 0.1) is 42.6 Å². The Morgan fingerprint density at radius 1 is 1.24 bits per heavy atom. The molecule has 42 heavy (non-hydrogen) atoms. The average molecular weight is 596 g/mol. The summed E-state index contributed by atoms with van der Waals surface area (Å²) >= 11 is 1.24. The zero-order valence-electron chi connectivity index (χ0n) is 23.9. The van der Waals surface area contributed by atoms with E-state index >= 15 is 0 Å². The number of aryl methyl sites for hydroxylation is 1. The van der Waals surface area contributed by atoms with Crippen LogP contribution in [0.2, 0.25) is 0 Å². The standard InChI is InChI=1S/C29H33N5O7S/c1-18-24-27(36)33(16-23(35)31-17-32(2)3)29(37)34(28(24)42-25(18)26-30-11-14-40-26)15-22(41-19-9-12-39-13-10-19)20-7-5-6-8-21(20)38-4/h5-8,11,14,17,19,22H,9-10,12-13,15-16H2,1-4H3/b31-17+/t22-/m0/s1. The molecule has 222 valence electrons. The van der Waals surface area contributed by atoms with Crippen LogP contribution in [0.3, 0.4) is 0 Å². The molecule has 4 aromatic rings. The minimum atomic E-state index is -0.642. The Balaban J connectivity index is 1.68. The number of nitrogens with zero attached hydrogens (tertiary/aromatic N) is 5. The van der Waals surface area contributed by atoms with E-state index in [1.807, 2.05) is 24.3 Å². The maximum atomic E-state index is 14.1. The Hall–Kier alpha value is -4.07. The van der Waals surface area contributed by atoms with Crippen molar-refractivity contribution in [2.75, 3.05) is 34.4 Å². The maximum absolute atomic E-state index is 14.1. The predicted octanol–water partition coefficient (Wildman–Crippen LogP) is 3.25. The lowest BCUT2D eigenvalue weighted by Crippen LogP contribution is -2.42. The number of ether oxygens (including phenoxy) is 3. The highest BCUT2D eigenvalue weighted by molar-refractivity contribution is 7.22. The third-order valence-corrected chi connectivity index (χ3v) is 8.31. The fourth-order valence-electron chi connectivity index (χ4n) is 4.95. The summed E-state index contributed by atoms with van der Waals surface area (Å²) in [5, 5.41) is 0.307. The highest BCUT2D eigenvalue weighted by Crippen LogP contribution is 2.37. The summed E-state index contributed by atoms with van der Waals surface area (Å²) in [5.74, 6) is 0.322. The Bertz CT molecular complexity index is 1700. The van der Waals surface area contributed by atoms with Crippen molar-refractivity contribution in [3.05, 3.63) is 68.7 Å². The molecular formula is C29H33N5O7S. The molecule has 0 radical (unpaired) electrons. The zero-order valence-corrected chi connectivity index (χ0v) is 24.8. The van der Waals surface area contributed by atoms with Crippen molar-refractivity contribution in [3.63, 3.8) is 0 Å². The first-order valence-corrected chi connectivity index (χ1v) is 14.4. The third kappa shape index (κ3) is 6.08. The highest BCUT2D eigenvalue weighted by atomic mass is 32.1. The Kier molecular flexibility index (Phi) is 9.00. The van der Waals surface area contributed by atoms with Gasteiger partial charge >= 0.3 is 5.69 Å². The van der Waals surface area contributed by atoms with E-state index in [9.17, 15) is 14.4 Å². The average Bonchev–Trinajstić information content (AvgIpc) is 3.64. The highest BCUT2D eigenvalue weighted by Gasteiger charge is 2.28. The van der Waals surface area contributed by atoms with Gasteiger partial charge in [-0.1, -0.05) is 18.2 Å². The van der Waals surface area contributed by atoms with Gasteiger partial charge in [0, 0.05) is 32.9 Å². The maximum Gasteiger partial charge on any atom is 0.332 e. The topological polar surface area (TPSA) is 130 Å². The van der Waals surface area contributed by atoms with Gasteiger partial charge in [0.25, 0.3) is 11.5 Å². The van der Waals surface area contributed by atoms with Crippen LogP contribution in [0.15, 0.2) is 55.7 Å². The van der Waals surface area contributed by atoms with Crippen molar-refractivity contribution < 1.29 is 23.4 Å². The van der Waals surface area contributed by atoms with Crippen molar-refractivity contribution in [1.29, 1.82) is 0 Å². The number of fused-ring (bicyclic) bond motifs is 1. The lowest BCUT2D eigenvalue weighted by atomic mass is 10.1. The van der Waals surface area contributed by atoms with Crippen LogP contribution < -0.4 is 16.0 Å². The van der Waals surface area contributed by atoms with E-state index in [4.69, 9.17) is 18.6 Å². The number of rotatable bonds is 10. The summed E-state index contributed by atoms with van der Waals surface area (Å²) in [5.41, 5.74) is 0.146. The van der Waals surface area contributed by atoms with E-state index in [0.29, 0.717) is 58.4 Å². The quantitative estimate of drug-likeness (QED) is 0.200. The smallest absolute Gasteiger partial charge is 0.332 e. The van der Waals surface area contributed by atoms with Gasteiger partial charge in [0.1, 0.15) is 29.5 Å². The van der Waals surface area contributed by atoms with E-state index in [2.05, 4.69) is 9.98 Å². The lowest BCUT2D eigenvalue weighted by Gasteiger charge is -2.29. The number of para-hydroxylation sites is 1. The summed E-state index contributed by atoms with van der Waals surface area (Å²) in [6.45, 7) is 2.49. The van der Waals surface area contributed by atoms with Gasteiger partial charge in [0.15, 0.2) is 0 Å². The number of carbonyl (C=O) groups excluding carboxylic acids is 1. The van der Waals surface area contributed by atoms with Crippen molar-refractivity contribution in [2.24, 2.45) is 4.99 Å². The van der Waals surface area contributed by atoms with Gasteiger partial charge in [-0.15, -0.1) is 11.3 Å². The fourth-order valence-corrected chi connectivity index (χ4v) is 6.19. The molecule has 0 spiro atoms. The normalized spacial score (nSPS) is 15.0. The van der Waals surface area contributed by atoms with Gasteiger partial charge < -0.3 is 23.5 Å². The second kappa shape index (κ2) is 12.8. The molecule has 1 aliphatic heterocycles. The first-order valence-electron chi connectivity index (χ1n) is 13.5. The third-order valence-electron chi connectivity index (χ3n) is 7.01. The SMILES string of the molecule is COc1ccccc1[C@H](Cn1c(=O)n(CC(=O)/N=C/N(C)C)c(=O)c2c(C)c(-c3ncco3)sc21)OC1CCOCC1. The molecule has 0 bridgehead atoms. The molecule has 1 saturated heterocycles. The van der Waals surface area contributed by atoms with Crippen LogP contribution in [0.25, 0.3) is 21.0 Å². The van der Waals surface area contributed by atoms with Crippen LogP contribution in [0, 0.1) is 6.92 Å². The van der Waals surface area contributed by atoms with Crippen molar-refractivity contribution in [3.8, 4) is 16.5 Å². The van der Waals surface area contributed by atoms with Gasteiger partial charge in [-0.05, 0) is 31.4 Å². The minimum absolute atomic E-state index is 0.0630. The van der Waals surface area contributed by atoms with Crippen LogP contribution in [0.5, 0.6) is 5.75 Å². The second-order valence-electron chi connectivity index (χ2n) is 10.1. The molecule has 1 fully saturated rings. The Morgan fingerprint density at radius 3 is 2.69 bits per heavy atom. The van der Waals surface area contributed by atoms with E-state index < -0.39 is 29.8 Å². The fraction of sp³-hybridized carbons (Fsp3) is 0.414. The number of hydrogen-bond acceptors (Lipinski definition) is 9. The van der Waals surface area contributed by atoms with Crippen molar-refractivity contribution in [2.45, 2.75) is 45.1 Å². The second-order valence-corrected chi connectivity index (χ2v) is 11.1. The number of methoxy groups -OCH3 is 1. The molecule has 5 rings (SSSR count). The van der Waals surface area contributed by atoms with E-state index in [1.54, 1.807) is 33.0 Å². The summed E-state index contributed by atoms with van der Waals surface area (Å²) < 4.78 is 25.8. The molecule has 4 heterocycles. The van der Waals surface area contributed by atoms with Gasteiger partial charge in [-0.25, -0.2) is 14.8 Å². The predicted molar refractivity (Wildman–Crippen MR) is 158 cm³/mol. The van der Waals surface area contributed by atoms with E-state index in [0.717, 1.165) is 10.1 Å². The van der Waals surface area contributed by atoms with Crippen LogP contribution in [-0.2, 0) is 27.4 Å². The first-order chi connectivity index (χ1) is 20.3. The van der Waals surface area contributed by atoms with Gasteiger partial charge in [-0.2, -0.15) is 0 Å². The number of aliphatic imine (C=N–C) groups is 1. The Morgan fingerprint density at radius 2 is 2.00 bits per heavy atom. The molecule has 13 heteroatoms. The van der Waals surface area contributed by atoms with Crippen LogP contribution >= 0.6 is 11.3 Å². The van der Waals surface area contributed by atoms with E-state index in [1.165, 1.54) is 34.7 Å². The molecule has 0 saturated carbocycles. The molecule has 0 aliphatic carbocycles. The number of aromatic nitrogens is 3. The molecule has 1 aromatic carbocycles. The molecule has 1 amide bonds. The molecule has 3 aromatic heterocycles. The number of carbonyl (C=O) groups is 1. The summed E-state index contributed by atoms with van der Waals surface area (Å²) in [6, 6.07) is 7.49. The minimum Gasteiger partial charge on any atom is -0.496 e. The number of oxazole rings is 1. The van der Waals surface area contributed by atoms with Crippen LogP contribution in [0.1, 0.15) is 30.1 Å². The van der Waals surface area contributed by atoms with Crippen molar-refractivity contribution in [1.82, 2.24) is 19.0 Å². The van der Waals surface area contributed by atoms with E-state index in [-0.39, 0.29) is 12.6 Å². The molecule has 12 nitrogen and oxygen atoms in total. The largest absolute Gasteiger partial charge is 0.496 e. The lowest BCUT2D eigenvalue weighted by molar-refractivity contribution is -0.118. The summed E-state index contributed by atoms with van der Waals surface area (Å²) in [7, 11) is 5.02. The first kappa shape index (κ1) is 29.4. The number of benzene rings is 1. The monoisotopic (exact) mass is 595 g/mol.